The molecule has 1 saturated carbocycles. The van der Waals surface area contributed by atoms with Gasteiger partial charge in [0.05, 0.1) is 0 Å². The highest BCUT2D eigenvalue weighted by Gasteiger charge is 2.32. The zero-order valence-corrected chi connectivity index (χ0v) is 8.84. The molecular formula is C11H23N. The fourth-order valence-electron chi connectivity index (χ4n) is 2.56. The van der Waals surface area contributed by atoms with Crippen LogP contribution in [0.4, 0.5) is 0 Å². The Bertz CT molecular complexity index is 114. The fourth-order valence-corrected chi connectivity index (χ4v) is 2.56. The molecule has 1 heteroatoms. The van der Waals surface area contributed by atoms with Gasteiger partial charge in [0.25, 0.3) is 0 Å². The molecule has 0 spiro atoms. The van der Waals surface area contributed by atoms with Gasteiger partial charge >= 0.3 is 0 Å². The normalized spacial score (nSPS) is 34.2. The zero-order valence-electron chi connectivity index (χ0n) is 8.84. The Labute approximate surface area is 77.1 Å². The van der Waals surface area contributed by atoms with Crippen LogP contribution >= 0.6 is 0 Å². The second-order valence-corrected chi connectivity index (χ2v) is 3.76. The SMILES string of the molecule is CC.CCN1CC2CCC1CC2. The smallest absolute Gasteiger partial charge is 0.00954 e. The molecular weight excluding hydrogens is 146 g/mol. The molecule has 0 aromatic rings. The Morgan fingerprint density at radius 3 is 1.92 bits per heavy atom. The number of rotatable bonds is 1. The second-order valence-electron chi connectivity index (χ2n) is 3.76. The molecule has 0 unspecified atom stereocenters. The van der Waals surface area contributed by atoms with Crippen LogP contribution in [0.15, 0.2) is 0 Å². The first-order valence-corrected chi connectivity index (χ1v) is 5.64. The van der Waals surface area contributed by atoms with E-state index < -0.39 is 0 Å². The monoisotopic (exact) mass is 169 g/mol. The molecule has 3 rings (SSSR count). The van der Waals surface area contributed by atoms with E-state index in [1.54, 1.807) is 0 Å². The van der Waals surface area contributed by atoms with Crippen molar-refractivity contribution in [3.05, 3.63) is 0 Å². The van der Waals surface area contributed by atoms with Gasteiger partial charge in [0, 0.05) is 12.6 Å². The van der Waals surface area contributed by atoms with Crippen LogP contribution in [0.1, 0.15) is 46.5 Å². The quantitative estimate of drug-likeness (QED) is 0.583. The van der Waals surface area contributed by atoms with Crippen molar-refractivity contribution < 1.29 is 0 Å². The highest BCUT2D eigenvalue weighted by molar-refractivity contribution is 4.87. The van der Waals surface area contributed by atoms with Gasteiger partial charge in [0.2, 0.25) is 0 Å². The van der Waals surface area contributed by atoms with Crippen LogP contribution < -0.4 is 0 Å². The van der Waals surface area contributed by atoms with Gasteiger partial charge in [-0.1, -0.05) is 20.8 Å². The summed E-state index contributed by atoms with van der Waals surface area (Å²) in [6, 6.07) is 0.968. The maximum absolute atomic E-state index is 2.66. The first kappa shape index (κ1) is 10.0. The maximum Gasteiger partial charge on any atom is 0.00954 e. The van der Waals surface area contributed by atoms with Gasteiger partial charge < -0.3 is 4.90 Å². The minimum absolute atomic E-state index is 0.968. The van der Waals surface area contributed by atoms with E-state index in [4.69, 9.17) is 0 Å². The number of fused-ring (bicyclic) bond motifs is 3. The highest BCUT2D eigenvalue weighted by Crippen LogP contribution is 2.34. The summed E-state index contributed by atoms with van der Waals surface area (Å²) in [5, 5.41) is 0. The Hall–Kier alpha value is -0.0400. The molecule has 1 nitrogen and oxygen atoms in total. The molecule has 72 valence electrons. The number of piperidine rings is 2. The maximum atomic E-state index is 2.66. The topological polar surface area (TPSA) is 3.24 Å². The third kappa shape index (κ3) is 2.01. The molecule has 1 aliphatic carbocycles. The molecule has 0 aromatic carbocycles. The summed E-state index contributed by atoms with van der Waals surface area (Å²) in [5.74, 6) is 1.06. The van der Waals surface area contributed by atoms with Crippen molar-refractivity contribution >= 4 is 0 Å². The van der Waals surface area contributed by atoms with Crippen molar-refractivity contribution in [1.29, 1.82) is 0 Å². The summed E-state index contributed by atoms with van der Waals surface area (Å²) in [6.45, 7) is 8.98. The minimum Gasteiger partial charge on any atom is -0.300 e. The summed E-state index contributed by atoms with van der Waals surface area (Å²) in [5.41, 5.74) is 0. The molecule has 2 aliphatic heterocycles. The average Bonchev–Trinajstić information content (AvgIpc) is 2.22. The van der Waals surface area contributed by atoms with E-state index in [9.17, 15) is 0 Å². The Morgan fingerprint density at radius 1 is 1.08 bits per heavy atom. The molecule has 2 bridgehead atoms. The van der Waals surface area contributed by atoms with Gasteiger partial charge in [-0.25, -0.2) is 0 Å². The van der Waals surface area contributed by atoms with Crippen LogP contribution in [0.3, 0.4) is 0 Å². The summed E-state index contributed by atoms with van der Waals surface area (Å²) in [4.78, 5) is 2.66. The van der Waals surface area contributed by atoms with Crippen LogP contribution in [0.5, 0.6) is 0 Å². The van der Waals surface area contributed by atoms with Gasteiger partial charge in [0.1, 0.15) is 0 Å². The van der Waals surface area contributed by atoms with Crippen LogP contribution in [0, 0.1) is 5.92 Å². The van der Waals surface area contributed by atoms with Crippen LogP contribution in [-0.2, 0) is 0 Å². The summed E-state index contributed by atoms with van der Waals surface area (Å²) in [6.07, 6.45) is 6.00. The lowest BCUT2D eigenvalue weighted by molar-refractivity contribution is 0.0539. The lowest BCUT2D eigenvalue weighted by Crippen LogP contribution is -2.47. The van der Waals surface area contributed by atoms with Crippen LogP contribution in [-0.4, -0.2) is 24.0 Å². The molecule has 2 saturated heterocycles. The van der Waals surface area contributed by atoms with Crippen molar-refractivity contribution in [2.24, 2.45) is 5.92 Å². The van der Waals surface area contributed by atoms with Gasteiger partial charge in [-0.2, -0.15) is 0 Å². The van der Waals surface area contributed by atoms with E-state index in [1.165, 1.54) is 38.8 Å². The highest BCUT2D eigenvalue weighted by atomic mass is 15.2. The molecule has 0 atom stereocenters. The van der Waals surface area contributed by atoms with E-state index >= 15 is 0 Å². The molecule has 3 aliphatic rings. The molecule has 0 aromatic heterocycles. The van der Waals surface area contributed by atoms with Crippen molar-refractivity contribution in [3.63, 3.8) is 0 Å². The summed E-state index contributed by atoms with van der Waals surface area (Å²) >= 11 is 0. The number of nitrogens with zero attached hydrogens (tertiary/aromatic N) is 1. The Balaban J connectivity index is 0.000000336. The predicted octanol–water partition coefficient (Wildman–Crippen LogP) is 2.91. The lowest BCUT2D eigenvalue weighted by atomic mass is 9.80. The molecule has 0 radical (unpaired) electrons. The first-order chi connectivity index (χ1) is 5.90. The average molecular weight is 169 g/mol. The molecule has 2 heterocycles. The van der Waals surface area contributed by atoms with Crippen LogP contribution in [0.2, 0.25) is 0 Å². The summed E-state index contributed by atoms with van der Waals surface area (Å²) in [7, 11) is 0. The second kappa shape index (κ2) is 4.86. The minimum atomic E-state index is 0.968. The standard InChI is InChI=1S/C9H17N.C2H6/c1-2-10-7-8-3-5-9(10)6-4-8;1-2/h8-9H,2-7H2,1H3;1-2H3. The predicted molar refractivity (Wildman–Crippen MR) is 54.3 cm³/mol. The number of hydrogen-bond acceptors (Lipinski definition) is 1. The lowest BCUT2D eigenvalue weighted by Gasteiger charge is -2.44. The zero-order chi connectivity index (χ0) is 8.97. The van der Waals surface area contributed by atoms with E-state index in [-0.39, 0.29) is 0 Å². The van der Waals surface area contributed by atoms with Gasteiger partial charge in [-0.05, 0) is 38.1 Å². The molecule has 0 amide bonds. The largest absolute Gasteiger partial charge is 0.300 e. The van der Waals surface area contributed by atoms with Crippen molar-refractivity contribution in [3.8, 4) is 0 Å². The van der Waals surface area contributed by atoms with Crippen molar-refractivity contribution in [2.45, 2.75) is 52.5 Å². The molecule has 12 heavy (non-hydrogen) atoms. The molecule has 3 fully saturated rings. The van der Waals surface area contributed by atoms with E-state index in [0.717, 1.165) is 12.0 Å². The first-order valence-electron chi connectivity index (χ1n) is 5.64. The van der Waals surface area contributed by atoms with E-state index in [1.807, 2.05) is 13.8 Å². The van der Waals surface area contributed by atoms with Crippen LogP contribution in [0.25, 0.3) is 0 Å². The van der Waals surface area contributed by atoms with E-state index in [0.29, 0.717) is 0 Å². The molecule has 0 N–H and O–H groups in total. The van der Waals surface area contributed by atoms with Gasteiger partial charge in [0.15, 0.2) is 0 Å². The number of hydrogen-bond donors (Lipinski definition) is 0. The van der Waals surface area contributed by atoms with Gasteiger partial charge in [-0.3, -0.25) is 0 Å². The third-order valence-corrected chi connectivity index (χ3v) is 3.23. The fraction of sp³-hybridized carbons (Fsp3) is 1.00. The van der Waals surface area contributed by atoms with E-state index in [2.05, 4.69) is 11.8 Å². The van der Waals surface area contributed by atoms with Gasteiger partial charge in [-0.15, -0.1) is 0 Å². The Morgan fingerprint density at radius 2 is 1.67 bits per heavy atom. The van der Waals surface area contributed by atoms with Crippen molar-refractivity contribution in [1.82, 2.24) is 4.90 Å². The van der Waals surface area contributed by atoms with Crippen molar-refractivity contribution in [2.75, 3.05) is 13.1 Å². The Kier molecular flexibility index (Phi) is 4.07. The third-order valence-electron chi connectivity index (χ3n) is 3.23. The summed E-state index contributed by atoms with van der Waals surface area (Å²) < 4.78 is 0.